The first-order valence-electron chi connectivity index (χ1n) is 8.31. The first-order valence-corrected chi connectivity index (χ1v) is 9.47. The molecule has 0 unspecified atom stereocenters. The van der Waals surface area contributed by atoms with Crippen LogP contribution in [-0.4, -0.2) is 16.9 Å². The van der Waals surface area contributed by atoms with Gasteiger partial charge in [-0.15, -0.1) is 0 Å². The van der Waals surface area contributed by atoms with Gasteiger partial charge in [0.2, 0.25) is 5.91 Å². The van der Waals surface area contributed by atoms with Crippen molar-refractivity contribution >= 4 is 52.3 Å². The van der Waals surface area contributed by atoms with Crippen LogP contribution in [0.4, 0.5) is 0 Å². The summed E-state index contributed by atoms with van der Waals surface area (Å²) in [5.74, 6) is 0.00935. The fourth-order valence-electron chi connectivity index (χ4n) is 2.89. The van der Waals surface area contributed by atoms with E-state index in [0.29, 0.717) is 17.4 Å². The van der Waals surface area contributed by atoms with Crippen LogP contribution >= 0.6 is 35.4 Å². The molecule has 0 heterocycles. The summed E-state index contributed by atoms with van der Waals surface area (Å²) in [6.07, 6.45) is 7.53. The summed E-state index contributed by atoms with van der Waals surface area (Å²) in [6.45, 7) is 0. The zero-order chi connectivity index (χ0) is 18.2. The molecule has 0 aromatic heterocycles. The summed E-state index contributed by atoms with van der Waals surface area (Å²) < 4.78 is 0. The second-order valence-electron chi connectivity index (χ2n) is 6.12. The second kappa shape index (κ2) is 9.94. The van der Waals surface area contributed by atoms with E-state index in [1.807, 2.05) is 0 Å². The fourth-order valence-corrected chi connectivity index (χ4v) is 3.55. The highest BCUT2D eigenvalue weighted by atomic mass is 35.5. The Morgan fingerprint density at radius 3 is 2.52 bits per heavy atom. The van der Waals surface area contributed by atoms with Gasteiger partial charge in [0, 0.05) is 11.4 Å². The van der Waals surface area contributed by atoms with Gasteiger partial charge in [-0.25, -0.2) is 0 Å². The van der Waals surface area contributed by atoms with Crippen molar-refractivity contribution in [1.29, 1.82) is 0 Å². The standard InChI is InChI=1S/C17H21Cl2N3O2S/c18-12-7-8-13(14(19)10-12)16(24)21-22-17(25)20-15(23)9-6-11-4-2-1-3-5-11/h7-8,10-11H,1-6,9H2,(H,21,24)(H2,20,22,23,25). The Labute approximate surface area is 162 Å². The maximum atomic E-state index is 12.0. The third-order valence-electron chi connectivity index (χ3n) is 4.22. The number of amides is 2. The van der Waals surface area contributed by atoms with Gasteiger partial charge < -0.3 is 5.32 Å². The lowest BCUT2D eigenvalue weighted by Crippen LogP contribution is -2.48. The van der Waals surface area contributed by atoms with E-state index in [1.165, 1.54) is 44.2 Å². The van der Waals surface area contributed by atoms with Gasteiger partial charge in [-0.05, 0) is 42.8 Å². The number of hydrazine groups is 1. The summed E-state index contributed by atoms with van der Waals surface area (Å²) in [7, 11) is 0. The molecular formula is C17H21Cl2N3O2S. The van der Waals surface area contributed by atoms with E-state index < -0.39 is 5.91 Å². The van der Waals surface area contributed by atoms with Crippen molar-refractivity contribution in [2.45, 2.75) is 44.9 Å². The lowest BCUT2D eigenvalue weighted by molar-refractivity contribution is -0.120. The second-order valence-corrected chi connectivity index (χ2v) is 7.38. The molecule has 1 aliphatic carbocycles. The maximum Gasteiger partial charge on any atom is 0.271 e. The number of hydrogen-bond acceptors (Lipinski definition) is 3. The zero-order valence-electron chi connectivity index (χ0n) is 13.7. The number of carbonyl (C=O) groups is 2. The molecule has 8 heteroatoms. The molecule has 1 aromatic rings. The van der Waals surface area contributed by atoms with Crippen LogP contribution in [0.25, 0.3) is 0 Å². The van der Waals surface area contributed by atoms with Gasteiger partial charge >= 0.3 is 0 Å². The molecule has 3 N–H and O–H groups in total. The number of halogens is 2. The molecule has 0 aliphatic heterocycles. The smallest absolute Gasteiger partial charge is 0.271 e. The third-order valence-corrected chi connectivity index (χ3v) is 4.97. The van der Waals surface area contributed by atoms with E-state index in [2.05, 4.69) is 16.2 Å². The van der Waals surface area contributed by atoms with Crippen LogP contribution in [0, 0.1) is 5.92 Å². The van der Waals surface area contributed by atoms with Crippen LogP contribution < -0.4 is 16.2 Å². The molecule has 1 aromatic carbocycles. The molecule has 2 rings (SSSR count). The van der Waals surface area contributed by atoms with Crippen molar-refractivity contribution in [3.05, 3.63) is 33.8 Å². The highest BCUT2D eigenvalue weighted by Crippen LogP contribution is 2.27. The van der Waals surface area contributed by atoms with E-state index in [1.54, 1.807) is 6.07 Å². The monoisotopic (exact) mass is 401 g/mol. The molecule has 1 fully saturated rings. The largest absolute Gasteiger partial charge is 0.302 e. The lowest BCUT2D eigenvalue weighted by Gasteiger charge is -2.21. The predicted octanol–water partition coefficient (Wildman–Crippen LogP) is 3.99. The predicted molar refractivity (Wildman–Crippen MR) is 104 cm³/mol. The summed E-state index contributed by atoms with van der Waals surface area (Å²) in [5, 5.41) is 3.28. The zero-order valence-corrected chi connectivity index (χ0v) is 16.1. The van der Waals surface area contributed by atoms with Gasteiger partial charge in [-0.3, -0.25) is 20.4 Å². The van der Waals surface area contributed by atoms with Crippen LogP contribution in [0.15, 0.2) is 18.2 Å². The highest BCUT2D eigenvalue weighted by molar-refractivity contribution is 7.80. The van der Waals surface area contributed by atoms with Crippen molar-refractivity contribution < 1.29 is 9.59 Å². The molecule has 5 nitrogen and oxygen atoms in total. The first kappa shape index (κ1) is 19.9. The molecule has 0 saturated heterocycles. The number of carbonyl (C=O) groups excluding carboxylic acids is 2. The van der Waals surface area contributed by atoms with Crippen LogP contribution in [-0.2, 0) is 4.79 Å². The average Bonchev–Trinajstić information content (AvgIpc) is 2.59. The number of nitrogens with one attached hydrogen (secondary N) is 3. The topological polar surface area (TPSA) is 70.2 Å². The Morgan fingerprint density at radius 1 is 1.12 bits per heavy atom. The number of benzene rings is 1. The van der Waals surface area contributed by atoms with Crippen LogP contribution in [0.5, 0.6) is 0 Å². The van der Waals surface area contributed by atoms with E-state index >= 15 is 0 Å². The maximum absolute atomic E-state index is 12.0. The molecule has 2 amide bonds. The van der Waals surface area contributed by atoms with Gasteiger partial charge in [-0.2, -0.15) is 0 Å². The summed E-state index contributed by atoms with van der Waals surface area (Å²) in [4.78, 5) is 23.9. The van der Waals surface area contributed by atoms with Crippen molar-refractivity contribution in [3.8, 4) is 0 Å². The quantitative estimate of drug-likeness (QED) is 0.526. The fraction of sp³-hybridized carbons (Fsp3) is 0.471. The van der Waals surface area contributed by atoms with E-state index in [-0.39, 0.29) is 21.6 Å². The molecule has 0 bridgehead atoms. The number of rotatable bonds is 4. The first-order chi connectivity index (χ1) is 12.0. The van der Waals surface area contributed by atoms with Gasteiger partial charge in [-0.1, -0.05) is 55.3 Å². The lowest BCUT2D eigenvalue weighted by atomic mass is 9.86. The number of hydrogen-bond donors (Lipinski definition) is 3. The van der Waals surface area contributed by atoms with Crippen molar-refractivity contribution in [1.82, 2.24) is 16.2 Å². The van der Waals surface area contributed by atoms with Crippen LogP contribution in [0.1, 0.15) is 55.3 Å². The minimum absolute atomic E-state index is 0.0482. The minimum Gasteiger partial charge on any atom is -0.302 e. The summed E-state index contributed by atoms with van der Waals surface area (Å²) >= 11 is 16.8. The minimum atomic E-state index is -0.472. The van der Waals surface area contributed by atoms with Gasteiger partial charge in [0.25, 0.3) is 5.91 Å². The molecule has 1 aliphatic rings. The molecule has 25 heavy (non-hydrogen) atoms. The summed E-state index contributed by atoms with van der Waals surface area (Å²) in [5.41, 5.74) is 5.15. The third kappa shape index (κ3) is 6.80. The molecular weight excluding hydrogens is 381 g/mol. The SMILES string of the molecule is O=C(CCC1CCCCC1)NC(=S)NNC(=O)c1ccc(Cl)cc1Cl. The van der Waals surface area contributed by atoms with Crippen LogP contribution in [0.3, 0.4) is 0 Å². The van der Waals surface area contributed by atoms with Crippen molar-refractivity contribution in [2.24, 2.45) is 5.92 Å². The van der Waals surface area contributed by atoms with Gasteiger partial charge in [0.15, 0.2) is 5.11 Å². The summed E-state index contributed by atoms with van der Waals surface area (Å²) in [6, 6.07) is 4.55. The molecule has 136 valence electrons. The van der Waals surface area contributed by atoms with E-state index in [0.717, 1.165) is 6.42 Å². The molecule has 0 atom stereocenters. The molecule has 1 saturated carbocycles. The average molecular weight is 402 g/mol. The normalized spacial score (nSPS) is 14.6. The Balaban J connectivity index is 1.70. The van der Waals surface area contributed by atoms with Crippen LogP contribution in [0.2, 0.25) is 10.0 Å². The highest BCUT2D eigenvalue weighted by Gasteiger charge is 2.15. The van der Waals surface area contributed by atoms with Crippen molar-refractivity contribution in [3.63, 3.8) is 0 Å². The molecule has 0 spiro atoms. The number of thiocarbonyl (C=S) groups is 1. The molecule has 0 radical (unpaired) electrons. The Kier molecular flexibility index (Phi) is 7.93. The van der Waals surface area contributed by atoms with E-state index in [4.69, 9.17) is 35.4 Å². The van der Waals surface area contributed by atoms with E-state index in [9.17, 15) is 9.59 Å². The van der Waals surface area contributed by atoms with Gasteiger partial charge in [0.05, 0.1) is 10.6 Å². The Bertz CT molecular complexity index is 649. The van der Waals surface area contributed by atoms with Gasteiger partial charge in [0.1, 0.15) is 0 Å². The Morgan fingerprint density at radius 2 is 1.84 bits per heavy atom. The van der Waals surface area contributed by atoms with Crippen molar-refractivity contribution in [2.75, 3.05) is 0 Å². The Hall–Kier alpha value is -1.37.